The Kier molecular flexibility index (Phi) is 6.23. The zero-order chi connectivity index (χ0) is 18.4. The molecule has 1 heterocycles. The second-order valence-corrected chi connectivity index (χ2v) is 6.59. The van der Waals surface area contributed by atoms with Crippen LogP contribution in [0, 0.1) is 5.82 Å². The van der Waals surface area contributed by atoms with E-state index in [9.17, 15) is 9.18 Å². The van der Waals surface area contributed by atoms with Crippen LogP contribution >= 0.6 is 0 Å². The number of carbonyl (C=O) groups excluding carboxylic acids is 1. The number of benzene rings is 2. The van der Waals surface area contributed by atoms with Crippen LogP contribution in [0.2, 0.25) is 0 Å². The number of hydrogen-bond acceptors (Lipinski definition) is 3. The summed E-state index contributed by atoms with van der Waals surface area (Å²) in [5.41, 5.74) is 2.61. The summed E-state index contributed by atoms with van der Waals surface area (Å²) in [6, 6.07) is 14.7. The molecule has 1 amide bonds. The number of amides is 1. The molecule has 0 bridgehead atoms. The maximum absolute atomic E-state index is 13.9. The van der Waals surface area contributed by atoms with E-state index in [1.807, 2.05) is 36.4 Å². The van der Waals surface area contributed by atoms with Gasteiger partial charge in [-0.25, -0.2) is 4.39 Å². The molecule has 2 aromatic carbocycles. The quantitative estimate of drug-likeness (QED) is 0.865. The topological polar surface area (TPSA) is 35.6 Å². The van der Waals surface area contributed by atoms with E-state index in [0.717, 1.165) is 39.1 Å². The smallest absolute Gasteiger partial charge is 0.251 e. The van der Waals surface area contributed by atoms with Gasteiger partial charge in [0.15, 0.2) is 0 Å². The number of nitrogens with zero attached hydrogens (tertiary/aromatic N) is 2. The molecule has 138 valence electrons. The van der Waals surface area contributed by atoms with Crippen LogP contribution in [0.15, 0.2) is 48.5 Å². The average Bonchev–Trinajstić information content (AvgIpc) is 2.69. The highest BCUT2D eigenvalue weighted by molar-refractivity contribution is 5.94. The molecule has 0 spiro atoms. The molecule has 1 fully saturated rings. The van der Waals surface area contributed by atoms with Crippen molar-refractivity contribution in [1.29, 1.82) is 0 Å². The van der Waals surface area contributed by atoms with Crippen LogP contribution in [0.25, 0.3) is 0 Å². The molecule has 1 aliphatic heterocycles. The third-order valence-corrected chi connectivity index (χ3v) is 4.90. The third-order valence-electron chi connectivity index (χ3n) is 4.90. The predicted octanol–water partition coefficient (Wildman–Crippen LogP) is 2.94. The average molecular weight is 355 g/mol. The maximum atomic E-state index is 13.9. The lowest BCUT2D eigenvalue weighted by Crippen LogP contribution is -2.48. The molecular formula is C21H26FN3O. The number of aryl methyl sites for hydroxylation is 1. The number of piperazine rings is 1. The van der Waals surface area contributed by atoms with Gasteiger partial charge in [-0.05, 0) is 36.2 Å². The summed E-state index contributed by atoms with van der Waals surface area (Å²) in [5.74, 6) is -0.194. The van der Waals surface area contributed by atoms with Crippen molar-refractivity contribution >= 4 is 11.6 Å². The first-order valence-electron chi connectivity index (χ1n) is 9.26. The Morgan fingerprint density at radius 3 is 2.38 bits per heavy atom. The van der Waals surface area contributed by atoms with Gasteiger partial charge in [-0.1, -0.05) is 31.2 Å². The van der Waals surface area contributed by atoms with Crippen molar-refractivity contribution in [3.05, 3.63) is 65.5 Å². The molecule has 0 saturated carbocycles. The fourth-order valence-electron chi connectivity index (χ4n) is 3.24. The Labute approximate surface area is 154 Å². The lowest BCUT2D eigenvalue weighted by atomic mass is 10.1. The Hall–Kier alpha value is -2.40. The molecule has 1 saturated heterocycles. The number of rotatable bonds is 6. The Morgan fingerprint density at radius 2 is 1.73 bits per heavy atom. The van der Waals surface area contributed by atoms with E-state index in [0.29, 0.717) is 17.8 Å². The molecule has 4 nitrogen and oxygen atoms in total. The van der Waals surface area contributed by atoms with Crippen molar-refractivity contribution in [1.82, 2.24) is 10.2 Å². The molecule has 1 aliphatic rings. The van der Waals surface area contributed by atoms with Gasteiger partial charge in [-0.15, -0.1) is 0 Å². The molecular weight excluding hydrogens is 329 g/mol. The van der Waals surface area contributed by atoms with Crippen molar-refractivity contribution in [2.45, 2.75) is 13.3 Å². The van der Waals surface area contributed by atoms with Crippen molar-refractivity contribution in [2.24, 2.45) is 0 Å². The molecule has 0 aliphatic carbocycles. The van der Waals surface area contributed by atoms with Gasteiger partial charge in [0.25, 0.3) is 5.91 Å². The van der Waals surface area contributed by atoms with E-state index in [2.05, 4.69) is 22.0 Å². The van der Waals surface area contributed by atoms with Crippen molar-refractivity contribution < 1.29 is 9.18 Å². The van der Waals surface area contributed by atoms with Crippen molar-refractivity contribution in [2.75, 3.05) is 44.2 Å². The van der Waals surface area contributed by atoms with E-state index < -0.39 is 0 Å². The Morgan fingerprint density at radius 1 is 1.04 bits per heavy atom. The zero-order valence-electron chi connectivity index (χ0n) is 15.2. The predicted molar refractivity (Wildman–Crippen MR) is 103 cm³/mol. The fourth-order valence-corrected chi connectivity index (χ4v) is 3.24. The summed E-state index contributed by atoms with van der Waals surface area (Å²) in [7, 11) is 0. The minimum Gasteiger partial charge on any atom is -0.367 e. The first-order chi connectivity index (χ1) is 12.7. The summed E-state index contributed by atoms with van der Waals surface area (Å²) in [6.45, 7) is 6.87. The van der Waals surface area contributed by atoms with Gasteiger partial charge in [-0.3, -0.25) is 9.69 Å². The van der Waals surface area contributed by atoms with Gasteiger partial charge in [0.1, 0.15) is 5.82 Å². The molecule has 2 aromatic rings. The van der Waals surface area contributed by atoms with Crippen LogP contribution < -0.4 is 10.2 Å². The standard InChI is InChI=1S/C21H26FN3O/c1-2-17-7-9-18(10-8-17)21(26)23-11-12-24-13-15-25(16-14-24)20-6-4-3-5-19(20)22/h3-10H,2,11-16H2,1H3,(H,23,26). The molecule has 1 N–H and O–H groups in total. The summed E-state index contributed by atoms with van der Waals surface area (Å²) < 4.78 is 13.9. The lowest BCUT2D eigenvalue weighted by molar-refractivity contribution is 0.0947. The number of hydrogen-bond donors (Lipinski definition) is 1. The fraction of sp³-hybridized carbons (Fsp3) is 0.381. The second-order valence-electron chi connectivity index (χ2n) is 6.59. The number of halogens is 1. The monoisotopic (exact) mass is 355 g/mol. The van der Waals surface area contributed by atoms with Gasteiger partial charge >= 0.3 is 0 Å². The van der Waals surface area contributed by atoms with Crippen molar-refractivity contribution in [3.8, 4) is 0 Å². The number of carbonyl (C=O) groups is 1. The molecule has 0 aromatic heterocycles. The summed E-state index contributed by atoms with van der Waals surface area (Å²) in [6.07, 6.45) is 0.973. The Bertz CT molecular complexity index is 724. The van der Waals surface area contributed by atoms with Gasteiger partial charge in [0, 0.05) is 44.8 Å². The molecule has 0 atom stereocenters. The van der Waals surface area contributed by atoms with E-state index in [1.165, 1.54) is 11.6 Å². The van der Waals surface area contributed by atoms with E-state index in [4.69, 9.17) is 0 Å². The largest absolute Gasteiger partial charge is 0.367 e. The Balaban J connectivity index is 1.41. The first kappa shape index (κ1) is 18.4. The molecule has 3 rings (SSSR count). The lowest BCUT2D eigenvalue weighted by Gasteiger charge is -2.36. The second kappa shape index (κ2) is 8.81. The van der Waals surface area contributed by atoms with E-state index >= 15 is 0 Å². The van der Waals surface area contributed by atoms with Crippen LogP contribution in [0.3, 0.4) is 0 Å². The molecule has 5 heteroatoms. The van der Waals surface area contributed by atoms with E-state index in [1.54, 1.807) is 6.07 Å². The first-order valence-corrected chi connectivity index (χ1v) is 9.26. The minimum atomic E-state index is -0.165. The van der Waals surface area contributed by atoms with E-state index in [-0.39, 0.29) is 11.7 Å². The zero-order valence-corrected chi connectivity index (χ0v) is 15.2. The van der Waals surface area contributed by atoms with Gasteiger partial charge in [0.05, 0.1) is 5.69 Å². The van der Waals surface area contributed by atoms with Gasteiger partial charge in [-0.2, -0.15) is 0 Å². The number of nitrogens with one attached hydrogen (secondary N) is 1. The van der Waals surface area contributed by atoms with Gasteiger partial charge < -0.3 is 10.2 Å². The highest BCUT2D eigenvalue weighted by atomic mass is 19.1. The van der Waals surface area contributed by atoms with Crippen LogP contribution in [0.1, 0.15) is 22.8 Å². The highest BCUT2D eigenvalue weighted by Crippen LogP contribution is 2.19. The van der Waals surface area contributed by atoms with Crippen LogP contribution in [0.4, 0.5) is 10.1 Å². The minimum absolute atomic E-state index is 0.0300. The normalized spacial score (nSPS) is 15.1. The van der Waals surface area contributed by atoms with Crippen LogP contribution in [0.5, 0.6) is 0 Å². The van der Waals surface area contributed by atoms with Gasteiger partial charge in [0.2, 0.25) is 0 Å². The summed E-state index contributed by atoms with van der Waals surface area (Å²) >= 11 is 0. The molecule has 0 unspecified atom stereocenters. The van der Waals surface area contributed by atoms with Crippen LogP contribution in [-0.2, 0) is 6.42 Å². The highest BCUT2D eigenvalue weighted by Gasteiger charge is 2.19. The summed E-state index contributed by atoms with van der Waals surface area (Å²) in [5, 5.41) is 2.98. The number of anilines is 1. The SMILES string of the molecule is CCc1ccc(C(=O)NCCN2CCN(c3ccccc3F)CC2)cc1. The van der Waals surface area contributed by atoms with Crippen molar-refractivity contribution in [3.63, 3.8) is 0 Å². The third kappa shape index (κ3) is 4.61. The maximum Gasteiger partial charge on any atom is 0.251 e. The summed E-state index contributed by atoms with van der Waals surface area (Å²) in [4.78, 5) is 16.6. The van der Waals surface area contributed by atoms with Crippen LogP contribution in [-0.4, -0.2) is 50.1 Å². The number of para-hydroxylation sites is 1. The molecule has 0 radical (unpaired) electrons. The molecule has 26 heavy (non-hydrogen) atoms.